The van der Waals surface area contributed by atoms with Crippen molar-refractivity contribution in [2.45, 2.75) is 31.9 Å². The van der Waals surface area contributed by atoms with Gasteiger partial charge < -0.3 is 21.1 Å². The van der Waals surface area contributed by atoms with Crippen molar-refractivity contribution in [3.8, 4) is 0 Å². The fourth-order valence-electron chi connectivity index (χ4n) is 3.64. The molecule has 2 aromatic rings. The van der Waals surface area contributed by atoms with Gasteiger partial charge in [0.05, 0.1) is 12.1 Å². The number of carbonyl (C=O) groups excluding carboxylic acids is 1. The van der Waals surface area contributed by atoms with Gasteiger partial charge in [-0.2, -0.15) is 15.0 Å². The molecule has 3 heterocycles. The third kappa shape index (κ3) is 4.37. The van der Waals surface area contributed by atoms with Crippen LogP contribution in [0.25, 0.3) is 0 Å². The largest absolute Gasteiger partial charge is 0.368 e. The third-order valence-corrected chi connectivity index (χ3v) is 5.22. The molecule has 0 saturated carbocycles. The number of likely N-dealkylation sites (tertiary alicyclic amines) is 1. The molecule has 4 N–H and O–H groups in total. The van der Waals surface area contributed by atoms with Crippen LogP contribution in [0.2, 0.25) is 0 Å². The van der Waals surface area contributed by atoms with Crippen molar-refractivity contribution in [1.82, 2.24) is 25.2 Å². The predicted molar refractivity (Wildman–Crippen MR) is 105 cm³/mol. The normalized spacial score (nSPS) is 19.4. The van der Waals surface area contributed by atoms with Gasteiger partial charge in [-0.25, -0.2) is 0 Å². The quantitative estimate of drug-likeness (QED) is 0.715. The highest BCUT2D eigenvalue weighted by molar-refractivity contribution is 5.78. The zero-order valence-corrected chi connectivity index (χ0v) is 15.9. The molecule has 148 valence electrons. The van der Waals surface area contributed by atoms with Crippen LogP contribution in [-0.4, -0.2) is 57.6 Å². The summed E-state index contributed by atoms with van der Waals surface area (Å²) in [6.07, 6.45) is 1.73. The first-order valence-corrected chi connectivity index (χ1v) is 9.47. The lowest BCUT2D eigenvalue weighted by Crippen LogP contribution is -2.57. The van der Waals surface area contributed by atoms with Crippen molar-refractivity contribution in [3.05, 3.63) is 35.7 Å². The summed E-state index contributed by atoms with van der Waals surface area (Å²) in [5, 5.41) is 6.10. The number of benzene rings is 1. The Kier molecular flexibility index (Phi) is 5.10. The van der Waals surface area contributed by atoms with E-state index >= 15 is 0 Å². The Labute approximate surface area is 163 Å². The predicted octanol–water partition coefficient (Wildman–Crippen LogP) is 0.987. The second kappa shape index (κ2) is 7.69. The van der Waals surface area contributed by atoms with Crippen LogP contribution in [0.15, 0.2) is 24.3 Å². The van der Waals surface area contributed by atoms with Crippen molar-refractivity contribution >= 4 is 23.5 Å². The summed E-state index contributed by atoms with van der Waals surface area (Å²) >= 11 is 0. The molecule has 1 spiro atoms. The highest BCUT2D eigenvalue weighted by Crippen LogP contribution is 2.28. The van der Waals surface area contributed by atoms with E-state index < -0.39 is 0 Å². The molecule has 9 nitrogen and oxygen atoms in total. The number of rotatable bonds is 4. The molecule has 2 aliphatic heterocycles. The van der Waals surface area contributed by atoms with Gasteiger partial charge in [0.2, 0.25) is 17.8 Å². The molecule has 0 atom stereocenters. The average molecular weight is 383 g/mol. The van der Waals surface area contributed by atoms with Gasteiger partial charge in [0.1, 0.15) is 12.4 Å². The lowest BCUT2D eigenvalue weighted by molar-refractivity contribution is -0.150. The second-order valence-corrected chi connectivity index (χ2v) is 7.45. The Balaban J connectivity index is 1.39. The van der Waals surface area contributed by atoms with Crippen LogP contribution in [0.4, 0.5) is 17.6 Å². The van der Waals surface area contributed by atoms with Gasteiger partial charge in [-0.05, 0) is 37.5 Å². The smallest absolute Gasteiger partial charge is 0.246 e. The van der Waals surface area contributed by atoms with Crippen LogP contribution < -0.4 is 16.4 Å². The number of anilines is 3. The number of hydrogen-bond acceptors (Lipinski definition) is 8. The van der Waals surface area contributed by atoms with Crippen molar-refractivity contribution in [2.24, 2.45) is 0 Å². The van der Waals surface area contributed by atoms with Crippen LogP contribution in [0, 0.1) is 6.92 Å². The Morgan fingerprint density at radius 1 is 1.29 bits per heavy atom. The molecule has 0 unspecified atom stereocenters. The molecule has 1 aromatic carbocycles. The third-order valence-electron chi connectivity index (χ3n) is 5.22. The summed E-state index contributed by atoms with van der Waals surface area (Å²) in [5.74, 6) is 1.24. The Morgan fingerprint density at radius 3 is 2.82 bits per heavy atom. The first-order valence-electron chi connectivity index (χ1n) is 9.47. The number of nitrogens with zero attached hydrogens (tertiary/aromatic N) is 4. The average Bonchev–Trinajstić information content (AvgIpc) is 2.66. The fourth-order valence-corrected chi connectivity index (χ4v) is 3.64. The molecule has 28 heavy (non-hydrogen) atoms. The monoisotopic (exact) mass is 383 g/mol. The number of piperidine rings is 1. The fraction of sp³-hybridized carbons (Fsp3) is 0.474. The van der Waals surface area contributed by atoms with E-state index in [0.29, 0.717) is 24.9 Å². The van der Waals surface area contributed by atoms with Crippen LogP contribution in [-0.2, 0) is 16.1 Å². The molecule has 9 heteroatoms. The molecule has 0 aliphatic carbocycles. The van der Waals surface area contributed by atoms with E-state index in [-0.39, 0.29) is 24.1 Å². The Bertz CT molecular complexity index is 853. The van der Waals surface area contributed by atoms with E-state index in [2.05, 4.69) is 30.5 Å². The van der Waals surface area contributed by atoms with E-state index in [1.807, 2.05) is 31.2 Å². The summed E-state index contributed by atoms with van der Waals surface area (Å²) in [5.41, 5.74) is 7.72. The lowest BCUT2D eigenvalue weighted by atomic mass is 9.90. The number of morpholine rings is 1. The van der Waals surface area contributed by atoms with E-state index in [9.17, 15) is 4.79 Å². The van der Waals surface area contributed by atoms with Gasteiger partial charge in [-0.15, -0.1) is 0 Å². The maximum absolute atomic E-state index is 11.3. The minimum atomic E-state index is -0.236. The number of hydrogen-bond donors (Lipinski definition) is 3. The summed E-state index contributed by atoms with van der Waals surface area (Å²) in [4.78, 5) is 26.6. The lowest BCUT2D eigenvalue weighted by Gasteiger charge is -2.43. The van der Waals surface area contributed by atoms with E-state index in [1.165, 1.54) is 0 Å². The van der Waals surface area contributed by atoms with Gasteiger partial charge in [-0.3, -0.25) is 9.69 Å². The van der Waals surface area contributed by atoms with E-state index in [0.717, 1.165) is 37.2 Å². The highest BCUT2D eigenvalue weighted by Gasteiger charge is 2.39. The first kappa shape index (κ1) is 18.6. The molecule has 0 radical (unpaired) electrons. The summed E-state index contributed by atoms with van der Waals surface area (Å²) in [6.45, 7) is 5.06. The minimum Gasteiger partial charge on any atom is -0.368 e. The minimum absolute atomic E-state index is 0.0395. The number of nitrogen functional groups attached to an aromatic ring is 1. The zero-order valence-electron chi connectivity index (χ0n) is 15.9. The number of aromatic nitrogens is 3. The van der Waals surface area contributed by atoms with Crippen molar-refractivity contribution in [1.29, 1.82) is 0 Å². The second-order valence-electron chi connectivity index (χ2n) is 7.45. The molecule has 1 aromatic heterocycles. The van der Waals surface area contributed by atoms with Crippen molar-refractivity contribution < 1.29 is 9.53 Å². The summed E-state index contributed by atoms with van der Waals surface area (Å²) in [7, 11) is 0. The zero-order chi connectivity index (χ0) is 19.6. The molecular weight excluding hydrogens is 358 g/mol. The van der Waals surface area contributed by atoms with Crippen LogP contribution in [0.5, 0.6) is 0 Å². The summed E-state index contributed by atoms with van der Waals surface area (Å²) < 4.78 is 5.82. The van der Waals surface area contributed by atoms with Gasteiger partial charge >= 0.3 is 0 Å². The molecule has 2 saturated heterocycles. The Morgan fingerprint density at radius 2 is 2.11 bits per heavy atom. The van der Waals surface area contributed by atoms with Gasteiger partial charge in [0.25, 0.3) is 0 Å². The molecule has 4 rings (SSSR count). The number of nitrogens with one attached hydrogen (secondary N) is 2. The number of nitrogens with two attached hydrogens (primary N) is 1. The molecule has 2 fully saturated rings. The molecule has 1 amide bonds. The summed E-state index contributed by atoms with van der Waals surface area (Å²) in [6, 6.07) is 7.98. The van der Waals surface area contributed by atoms with Gasteiger partial charge in [0.15, 0.2) is 0 Å². The van der Waals surface area contributed by atoms with E-state index in [1.54, 1.807) is 0 Å². The van der Waals surface area contributed by atoms with Crippen molar-refractivity contribution in [2.75, 3.05) is 37.3 Å². The molecule has 2 aliphatic rings. The molecular formula is C19H25N7O2. The number of ether oxygens (including phenoxy) is 1. The van der Waals surface area contributed by atoms with Crippen LogP contribution in [0.1, 0.15) is 24.2 Å². The highest BCUT2D eigenvalue weighted by atomic mass is 16.5. The van der Waals surface area contributed by atoms with Crippen LogP contribution >= 0.6 is 0 Å². The van der Waals surface area contributed by atoms with Crippen molar-refractivity contribution in [3.63, 3.8) is 0 Å². The Hall–Kier alpha value is -2.78. The number of aryl methyl sites for hydroxylation is 1. The topological polar surface area (TPSA) is 118 Å². The SMILES string of the molecule is Cc1cccc(Nc2nc(N)nc(CN3CCC4(CC3)CNC(=O)CO4)n2)c1. The number of carbonyl (C=O) groups is 1. The maximum Gasteiger partial charge on any atom is 0.246 e. The maximum atomic E-state index is 11.3. The van der Waals surface area contributed by atoms with Crippen LogP contribution in [0.3, 0.4) is 0 Å². The van der Waals surface area contributed by atoms with E-state index in [4.69, 9.17) is 10.5 Å². The molecule has 0 bridgehead atoms. The standard InChI is InChI=1S/C19H25N7O2/c1-13-3-2-4-14(9-13)22-18-24-15(23-17(20)25-18)10-26-7-5-19(6-8-26)12-21-16(27)11-28-19/h2-4,9H,5-8,10-12H2,1H3,(H,21,27)(H3,20,22,23,24,25). The number of amides is 1. The first-order chi connectivity index (χ1) is 13.5. The van der Waals surface area contributed by atoms with Gasteiger partial charge in [0, 0.05) is 25.3 Å². The van der Waals surface area contributed by atoms with Gasteiger partial charge in [-0.1, -0.05) is 12.1 Å².